The smallest absolute Gasteiger partial charge is 0.253 e. The molecule has 1 fully saturated rings. The first-order valence-electron chi connectivity index (χ1n) is 8.52. The lowest BCUT2D eigenvalue weighted by Gasteiger charge is -2.16. The molecule has 1 aliphatic rings. The zero-order valence-electron chi connectivity index (χ0n) is 14.5. The third-order valence-corrected chi connectivity index (χ3v) is 4.78. The SMILES string of the molecule is CC(n1cc(-c2cncc(N3CC[C@H](F)C3)n2)nn1)n1ccc(Cl)cc1=O. The number of rotatable bonds is 4. The lowest BCUT2D eigenvalue weighted by Crippen LogP contribution is -2.26. The van der Waals surface area contributed by atoms with E-state index >= 15 is 0 Å². The van der Waals surface area contributed by atoms with Crippen LogP contribution in [0.4, 0.5) is 10.2 Å². The summed E-state index contributed by atoms with van der Waals surface area (Å²) < 4.78 is 16.5. The molecule has 140 valence electrons. The van der Waals surface area contributed by atoms with Crippen LogP contribution in [0, 0.1) is 0 Å². The maximum Gasteiger partial charge on any atom is 0.253 e. The van der Waals surface area contributed by atoms with Crippen LogP contribution in [-0.2, 0) is 0 Å². The molecule has 10 heteroatoms. The van der Waals surface area contributed by atoms with Crippen LogP contribution in [0.25, 0.3) is 11.4 Å². The van der Waals surface area contributed by atoms with Gasteiger partial charge in [0.2, 0.25) is 0 Å². The minimum atomic E-state index is -0.838. The van der Waals surface area contributed by atoms with E-state index in [0.29, 0.717) is 41.7 Å². The highest BCUT2D eigenvalue weighted by Gasteiger charge is 2.23. The number of nitrogens with zero attached hydrogens (tertiary/aromatic N) is 7. The molecule has 0 amide bonds. The fourth-order valence-corrected chi connectivity index (χ4v) is 3.19. The lowest BCUT2D eigenvalue weighted by atomic mass is 10.3. The molecule has 0 radical (unpaired) electrons. The van der Waals surface area contributed by atoms with Crippen LogP contribution in [0.1, 0.15) is 19.5 Å². The average molecular weight is 390 g/mol. The van der Waals surface area contributed by atoms with Crippen molar-refractivity contribution in [1.82, 2.24) is 29.5 Å². The van der Waals surface area contributed by atoms with Gasteiger partial charge in [-0.25, -0.2) is 14.1 Å². The summed E-state index contributed by atoms with van der Waals surface area (Å²) in [6.45, 7) is 2.76. The van der Waals surface area contributed by atoms with Crippen molar-refractivity contribution in [3.8, 4) is 11.4 Å². The fourth-order valence-electron chi connectivity index (χ4n) is 3.04. The molecule has 3 aromatic heterocycles. The Morgan fingerprint density at radius 2 is 2.19 bits per heavy atom. The fraction of sp³-hybridized carbons (Fsp3) is 0.353. The van der Waals surface area contributed by atoms with E-state index < -0.39 is 12.3 Å². The third kappa shape index (κ3) is 3.55. The molecule has 4 rings (SSSR count). The molecule has 0 aliphatic carbocycles. The van der Waals surface area contributed by atoms with Crippen LogP contribution < -0.4 is 10.5 Å². The zero-order chi connectivity index (χ0) is 19.0. The van der Waals surface area contributed by atoms with Crippen LogP contribution in [0.5, 0.6) is 0 Å². The van der Waals surface area contributed by atoms with E-state index in [1.807, 2.05) is 11.8 Å². The maximum absolute atomic E-state index is 13.4. The number of hydrogen-bond donors (Lipinski definition) is 0. The quantitative estimate of drug-likeness (QED) is 0.680. The standard InChI is InChI=1S/C17H17ClFN7O/c1-11(25-5-2-12(18)6-17(25)27)26-10-15(22-23-26)14-7-20-8-16(21-14)24-4-3-13(19)9-24/h2,5-8,10-11,13H,3-4,9H2,1H3/t11?,13-/m0/s1. The highest BCUT2D eigenvalue weighted by molar-refractivity contribution is 6.30. The first-order chi connectivity index (χ1) is 13.0. The van der Waals surface area contributed by atoms with Crippen LogP contribution in [-0.4, -0.2) is 48.8 Å². The minimum absolute atomic E-state index is 0.233. The zero-order valence-corrected chi connectivity index (χ0v) is 15.3. The molecule has 2 atom stereocenters. The van der Waals surface area contributed by atoms with Crippen molar-refractivity contribution in [2.75, 3.05) is 18.0 Å². The highest BCUT2D eigenvalue weighted by atomic mass is 35.5. The first kappa shape index (κ1) is 17.6. The predicted molar refractivity (Wildman–Crippen MR) is 98.6 cm³/mol. The third-order valence-electron chi connectivity index (χ3n) is 4.54. The van der Waals surface area contributed by atoms with Crippen molar-refractivity contribution >= 4 is 17.4 Å². The molecule has 3 aromatic rings. The van der Waals surface area contributed by atoms with Crippen LogP contribution >= 0.6 is 11.6 Å². The van der Waals surface area contributed by atoms with E-state index in [0.717, 1.165) is 0 Å². The summed E-state index contributed by atoms with van der Waals surface area (Å²) in [7, 11) is 0. The average Bonchev–Trinajstić information content (AvgIpc) is 3.31. The summed E-state index contributed by atoms with van der Waals surface area (Å²) in [4.78, 5) is 22.7. The summed E-state index contributed by atoms with van der Waals surface area (Å²) in [6, 6.07) is 2.99. The molecule has 0 aromatic carbocycles. The monoisotopic (exact) mass is 389 g/mol. The van der Waals surface area contributed by atoms with Gasteiger partial charge in [-0.05, 0) is 19.4 Å². The Bertz CT molecular complexity index is 1020. The summed E-state index contributed by atoms with van der Waals surface area (Å²) in [5.74, 6) is 0.615. The molecule has 0 spiro atoms. The van der Waals surface area contributed by atoms with Gasteiger partial charge in [-0.1, -0.05) is 16.8 Å². The van der Waals surface area contributed by atoms with E-state index in [4.69, 9.17) is 11.6 Å². The minimum Gasteiger partial charge on any atom is -0.352 e. The van der Waals surface area contributed by atoms with Gasteiger partial charge in [-0.3, -0.25) is 14.3 Å². The van der Waals surface area contributed by atoms with E-state index in [2.05, 4.69) is 20.3 Å². The predicted octanol–water partition coefficient (Wildman–Crippen LogP) is 2.17. The molecule has 0 bridgehead atoms. The highest BCUT2D eigenvalue weighted by Crippen LogP contribution is 2.22. The summed E-state index contributed by atoms with van der Waals surface area (Å²) in [6.07, 6.45) is 5.77. The van der Waals surface area contributed by atoms with E-state index in [1.54, 1.807) is 35.5 Å². The van der Waals surface area contributed by atoms with Gasteiger partial charge in [0.25, 0.3) is 5.56 Å². The van der Waals surface area contributed by atoms with Crippen LogP contribution in [0.2, 0.25) is 5.02 Å². The van der Waals surface area contributed by atoms with Crippen molar-refractivity contribution in [2.45, 2.75) is 25.7 Å². The Hall–Kier alpha value is -2.81. The number of anilines is 1. The van der Waals surface area contributed by atoms with Gasteiger partial charge in [0.15, 0.2) is 0 Å². The van der Waals surface area contributed by atoms with Gasteiger partial charge in [-0.2, -0.15) is 0 Å². The second-order valence-electron chi connectivity index (χ2n) is 6.40. The van der Waals surface area contributed by atoms with E-state index in [9.17, 15) is 9.18 Å². The number of aromatic nitrogens is 6. The van der Waals surface area contributed by atoms with E-state index in [-0.39, 0.29) is 5.56 Å². The Labute approximate surface area is 159 Å². The molecule has 4 heterocycles. The topological polar surface area (TPSA) is 81.7 Å². The number of pyridine rings is 1. The van der Waals surface area contributed by atoms with Gasteiger partial charge in [0, 0.05) is 23.8 Å². The Morgan fingerprint density at radius 1 is 1.33 bits per heavy atom. The molecular formula is C17H17ClFN7O. The largest absolute Gasteiger partial charge is 0.352 e. The number of hydrogen-bond acceptors (Lipinski definition) is 6. The van der Waals surface area contributed by atoms with Gasteiger partial charge < -0.3 is 4.90 Å². The van der Waals surface area contributed by atoms with Gasteiger partial charge in [-0.15, -0.1) is 5.10 Å². The number of halogens is 2. The first-order valence-corrected chi connectivity index (χ1v) is 8.90. The molecule has 27 heavy (non-hydrogen) atoms. The second-order valence-corrected chi connectivity index (χ2v) is 6.84. The normalized spacial score (nSPS) is 18.0. The second kappa shape index (κ2) is 7.07. The van der Waals surface area contributed by atoms with Crippen LogP contribution in [0.15, 0.2) is 41.7 Å². The maximum atomic E-state index is 13.4. The van der Waals surface area contributed by atoms with Crippen molar-refractivity contribution in [1.29, 1.82) is 0 Å². The summed E-state index contributed by atoms with van der Waals surface area (Å²) >= 11 is 5.84. The molecule has 0 N–H and O–H groups in total. The van der Waals surface area contributed by atoms with Crippen molar-refractivity contribution in [3.63, 3.8) is 0 Å². The van der Waals surface area contributed by atoms with Gasteiger partial charge in [0.1, 0.15) is 29.5 Å². The summed E-state index contributed by atoms with van der Waals surface area (Å²) in [5, 5.41) is 8.63. The molecule has 1 aliphatic heterocycles. The summed E-state index contributed by atoms with van der Waals surface area (Å²) in [5.41, 5.74) is 0.828. The van der Waals surface area contributed by atoms with Gasteiger partial charge in [0.05, 0.1) is 25.1 Å². The van der Waals surface area contributed by atoms with Gasteiger partial charge >= 0.3 is 0 Å². The lowest BCUT2D eigenvalue weighted by molar-refractivity contribution is 0.364. The van der Waals surface area contributed by atoms with Crippen LogP contribution in [0.3, 0.4) is 0 Å². The number of alkyl halides is 1. The van der Waals surface area contributed by atoms with Crippen molar-refractivity contribution in [2.24, 2.45) is 0 Å². The molecule has 8 nitrogen and oxygen atoms in total. The molecule has 1 saturated heterocycles. The Kier molecular flexibility index (Phi) is 4.61. The molecule has 0 saturated carbocycles. The van der Waals surface area contributed by atoms with E-state index in [1.165, 1.54) is 10.6 Å². The Morgan fingerprint density at radius 3 is 2.93 bits per heavy atom. The van der Waals surface area contributed by atoms with Crippen molar-refractivity contribution < 1.29 is 4.39 Å². The molecular weight excluding hydrogens is 373 g/mol. The molecule has 1 unspecified atom stereocenters. The Balaban J connectivity index is 1.60. The van der Waals surface area contributed by atoms with Crippen molar-refractivity contribution in [3.05, 3.63) is 52.3 Å².